The summed E-state index contributed by atoms with van der Waals surface area (Å²) in [6, 6.07) is 13.0. The molecular weight excluding hydrogens is 394 g/mol. The largest absolute Gasteiger partial charge is 0.480 e. The number of fused-ring (bicyclic) bond motifs is 1. The molecule has 0 aliphatic rings. The summed E-state index contributed by atoms with van der Waals surface area (Å²) in [5.74, 6) is -1.20. The zero-order chi connectivity index (χ0) is 20.5. The first kappa shape index (κ1) is 20.5. The van der Waals surface area contributed by atoms with E-state index in [0.29, 0.717) is 0 Å². The van der Waals surface area contributed by atoms with Crippen LogP contribution in [-0.2, 0) is 26.7 Å². The number of nitrogens with one attached hydrogen (secondary N) is 1. The normalized spacial score (nSPS) is 13.5. The van der Waals surface area contributed by atoms with Gasteiger partial charge in [-0.25, -0.2) is 8.42 Å². The fourth-order valence-electron chi connectivity index (χ4n) is 2.98. The minimum Gasteiger partial charge on any atom is -0.480 e. The van der Waals surface area contributed by atoms with E-state index in [1.54, 1.807) is 12.1 Å². The van der Waals surface area contributed by atoms with Gasteiger partial charge >= 0.3 is 5.97 Å². The van der Waals surface area contributed by atoms with Gasteiger partial charge in [-0.2, -0.15) is 4.72 Å². The van der Waals surface area contributed by atoms with Gasteiger partial charge in [0, 0.05) is 11.1 Å². The molecule has 2 aromatic carbocycles. The lowest BCUT2D eigenvalue weighted by Gasteiger charge is -2.19. The first-order valence-corrected chi connectivity index (χ1v) is 11.2. The number of rotatable bonds is 6. The predicted octanol–water partition coefficient (Wildman–Crippen LogP) is 4.17. The van der Waals surface area contributed by atoms with Crippen molar-refractivity contribution in [1.29, 1.82) is 0 Å². The van der Waals surface area contributed by atoms with Crippen LogP contribution in [0.5, 0.6) is 0 Å². The summed E-state index contributed by atoms with van der Waals surface area (Å²) in [5.41, 5.74) is 1.73. The van der Waals surface area contributed by atoms with E-state index in [0.717, 1.165) is 21.2 Å². The van der Waals surface area contributed by atoms with Gasteiger partial charge in [0.2, 0.25) is 10.0 Å². The van der Waals surface area contributed by atoms with Crippen molar-refractivity contribution in [1.82, 2.24) is 4.72 Å². The van der Waals surface area contributed by atoms with E-state index in [-0.39, 0.29) is 16.7 Å². The summed E-state index contributed by atoms with van der Waals surface area (Å²) in [4.78, 5) is 11.8. The lowest BCUT2D eigenvalue weighted by molar-refractivity contribution is -0.138. The summed E-state index contributed by atoms with van der Waals surface area (Å²) in [6.07, 6.45) is 0.0820. The molecule has 1 atom stereocenters. The highest BCUT2D eigenvalue weighted by Crippen LogP contribution is 2.27. The molecule has 0 aliphatic heterocycles. The smallest absolute Gasteiger partial charge is 0.322 e. The third kappa shape index (κ3) is 4.43. The van der Waals surface area contributed by atoms with Crippen molar-refractivity contribution in [2.24, 2.45) is 0 Å². The van der Waals surface area contributed by atoms with Crippen molar-refractivity contribution in [3.63, 3.8) is 0 Å². The Morgan fingerprint density at radius 3 is 2.36 bits per heavy atom. The first-order valence-electron chi connectivity index (χ1n) is 8.89. The van der Waals surface area contributed by atoms with E-state index < -0.39 is 22.0 Å². The van der Waals surface area contributed by atoms with E-state index in [1.165, 1.54) is 23.5 Å². The summed E-state index contributed by atoms with van der Waals surface area (Å²) < 4.78 is 28.8. The molecule has 28 heavy (non-hydrogen) atoms. The minimum absolute atomic E-state index is 0.0573. The molecule has 0 saturated carbocycles. The Balaban J connectivity index is 1.84. The van der Waals surface area contributed by atoms with E-state index >= 15 is 0 Å². The van der Waals surface area contributed by atoms with Crippen LogP contribution in [0.3, 0.4) is 0 Å². The maximum atomic E-state index is 12.7. The fraction of sp³-hybridized carbons (Fsp3) is 0.286. The van der Waals surface area contributed by atoms with E-state index in [4.69, 9.17) is 0 Å². The van der Waals surface area contributed by atoms with Gasteiger partial charge in [0.1, 0.15) is 6.04 Å². The van der Waals surface area contributed by atoms with Crippen LogP contribution in [0.4, 0.5) is 0 Å². The van der Waals surface area contributed by atoms with Gasteiger partial charge in [0.15, 0.2) is 0 Å². The maximum absolute atomic E-state index is 12.7. The number of aliphatic carboxylic acids is 1. The van der Waals surface area contributed by atoms with Crippen molar-refractivity contribution < 1.29 is 18.3 Å². The van der Waals surface area contributed by atoms with Gasteiger partial charge in [-0.05, 0) is 45.5 Å². The Morgan fingerprint density at radius 2 is 1.75 bits per heavy atom. The van der Waals surface area contributed by atoms with Gasteiger partial charge in [-0.15, -0.1) is 11.3 Å². The van der Waals surface area contributed by atoms with Gasteiger partial charge in [-0.3, -0.25) is 4.79 Å². The number of hydrogen-bond acceptors (Lipinski definition) is 4. The minimum atomic E-state index is -3.95. The Bertz CT molecular complexity index is 1090. The van der Waals surface area contributed by atoms with Gasteiger partial charge in [-0.1, -0.05) is 51.1 Å². The highest BCUT2D eigenvalue weighted by Gasteiger charge is 2.27. The zero-order valence-corrected chi connectivity index (χ0v) is 17.6. The monoisotopic (exact) mass is 417 g/mol. The molecule has 0 amide bonds. The zero-order valence-electron chi connectivity index (χ0n) is 16.0. The summed E-state index contributed by atoms with van der Waals surface area (Å²) in [6.45, 7) is 6.13. The maximum Gasteiger partial charge on any atom is 0.322 e. The second-order valence-electron chi connectivity index (χ2n) is 7.75. The van der Waals surface area contributed by atoms with Gasteiger partial charge < -0.3 is 5.11 Å². The van der Waals surface area contributed by atoms with Crippen LogP contribution >= 0.6 is 11.3 Å². The highest BCUT2D eigenvalue weighted by atomic mass is 32.2. The van der Waals surface area contributed by atoms with E-state index in [1.807, 2.05) is 50.4 Å². The number of sulfonamides is 1. The third-order valence-corrected chi connectivity index (χ3v) is 7.11. The quantitative estimate of drug-likeness (QED) is 0.630. The third-order valence-electron chi connectivity index (χ3n) is 4.61. The lowest BCUT2D eigenvalue weighted by atomic mass is 9.87. The van der Waals surface area contributed by atoms with Crippen LogP contribution in [0.15, 0.2) is 58.8 Å². The standard InChI is InChI=1S/C21H23NO4S2/c1-21(2,3)15-8-10-16(11-9-15)28(25,26)22-18(20(23)24)12-14-13-27-19-7-5-4-6-17(14)19/h4-11,13,18,22H,12H2,1-3H3,(H,23,24). The number of benzene rings is 2. The Labute approximate surface area is 169 Å². The van der Waals surface area contributed by atoms with Crippen molar-refractivity contribution in [2.45, 2.75) is 43.5 Å². The molecule has 0 spiro atoms. The molecule has 5 nitrogen and oxygen atoms in total. The molecule has 0 aliphatic carbocycles. The molecule has 1 heterocycles. The number of carbonyl (C=O) groups is 1. The van der Waals surface area contributed by atoms with Gasteiger partial charge in [0.25, 0.3) is 0 Å². The molecule has 0 fully saturated rings. The van der Waals surface area contributed by atoms with Crippen LogP contribution in [0.2, 0.25) is 0 Å². The summed E-state index contributed by atoms with van der Waals surface area (Å²) in [5, 5.41) is 12.4. The number of carboxylic acid groups (broad SMARTS) is 1. The summed E-state index contributed by atoms with van der Waals surface area (Å²) in [7, 11) is -3.95. The Morgan fingerprint density at radius 1 is 1.11 bits per heavy atom. The van der Waals surface area contributed by atoms with Crippen LogP contribution in [-0.4, -0.2) is 25.5 Å². The van der Waals surface area contributed by atoms with Crippen LogP contribution in [0, 0.1) is 0 Å². The Hall–Kier alpha value is -2.22. The second kappa shape index (κ2) is 7.66. The average Bonchev–Trinajstić information content (AvgIpc) is 3.03. The molecular formula is C21H23NO4S2. The molecule has 3 rings (SSSR count). The SMILES string of the molecule is CC(C)(C)c1ccc(S(=O)(=O)NC(Cc2csc3ccccc23)C(=O)O)cc1. The van der Waals surface area contributed by atoms with E-state index in [2.05, 4.69) is 4.72 Å². The van der Waals surface area contributed by atoms with Crippen LogP contribution in [0.1, 0.15) is 31.9 Å². The molecule has 7 heteroatoms. The summed E-state index contributed by atoms with van der Waals surface area (Å²) >= 11 is 1.52. The highest BCUT2D eigenvalue weighted by molar-refractivity contribution is 7.89. The van der Waals surface area contributed by atoms with Crippen LogP contribution in [0.25, 0.3) is 10.1 Å². The van der Waals surface area contributed by atoms with Gasteiger partial charge in [0.05, 0.1) is 4.90 Å². The fourth-order valence-corrected chi connectivity index (χ4v) is 5.14. The molecule has 148 valence electrons. The molecule has 2 N–H and O–H groups in total. The first-order chi connectivity index (χ1) is 13.1. The molecule has 0 bridgehead atoms. The van der Waals surface area contributed by atoms with Crippen molar-refractivity contribution >= 4 is 37.4 Å². The number of carboxylic acids is 1. The lowest BCUT2D eigenvalue weighted by Crippen LogP contribution is -2.42. The Kier molecular flexibility index (Phi) is 5.61. The molecule has 0 radical (unpaired) electrons. The van der Waals surface area contributed by atoms with E-state index in [9.17, 15) is 18.3 Å². The topological polar surface area (TPSA) is 83.5 Å². The second-order valence-corrected chi connectivity index (χ2v) is 10.4. The van der Waals surface area contributed by atoms with Crippen LogP contribution < -0.4 is 4.72 Å². The predicted molar refractivity (Wildman–Crippen MR) is 112 cm³/mol. The number of thiophene rings is 1. The molecule has 1 unspecified atom stereocenters. The van der Waals surface area contributed by atoms with Crippen molar-refractivity contribution in [2.75, 3.05) is 0 Å². The number of hydrogen-bond donors (Lipinski definition) is 2. The average molecular weight is 418 g/mol. The van der Waals surface area contributed by atoms with Crippen molar-refractivity contribution in [3.8, 4) is 0 Å². The molecule has 0 saturated heterocycles. The molecule has 1 aromatic heterocycles. The van der Waals surface area contributed by atoms with Crippen molar-refractivity contribution in [3.05, 3.63) is 65.0 Å². The molecule has 3 aromatic rings.